The van der Waals surface area contributed by atoms with E-state index in [0.29, 0.717) is 5.56 Å². The second-order valence-corrected chi connectivity index (χ2v) is 4.80. The number of alkyl halides is 1. The maximum Gasteiger partial charge on any atom is 0.257 e. The van der Waals surface area contributed by atoms with Crippen molar-refractivity contribution >= 4 is 5.91 Å². The third-order valence-corrected chi connectivity index (χ3v) is 2.53. The third-order valence-electron chi connectivity index (χ3n) is 2.53. The molecule has 1 unspecified atom stereocenters. The van der Waals surface area contributed by atoms with Crippen LogP contribution in [-0.4, -0.2) is 23.2 Å². The number of amides is 1. The van der Waals surface area contributed by atoms with Crippen LogP contribution >= 0.6 is 0 Å². The molecule has 0 aliphatic heterocycles. The number of aliphatic hydroxyl groups is 1. The van der Waals surface area contributed by atoms with E-state index in [9.17, 15) is 14.3 Å². The maximum absolute atomic E-state index is 13.3. The zero-order valence-electron chi connectivity index (χ0n) is 10.3. The van der Waals surface area contributed by atoms with Crippen molar-refractivity contribution in [2.75, 3.05) is 6.54 Å². The number of halogens is 1. The van der Waals surface area contributed by atoms with Gasteiger partial charge in [-0.1, -0.05) is 30.3 Å². The number of hydrogen-bond acceptors (Lipinski definition) is 2. The van der Waals surface area contributed by atoms with Crippen LogP contribution in [0.25, 0.3) is 0 Å². The Morgan fingerprint density at radius 3 is 2.29 bits per heavy atom. The van der Waals surface area contributed by atoms with Gasteiger partial charge in [0.15, 0.2) is 5.67 Å². The molecule has 0 saturated heterocycles. The Morgan fingerprint density at radius 1 is 1.29 bits per heavy atom. The molecule has 0 radical (unpaired) electrons. The lowest BCUT2D eigenvalue weighted by Crippen LogP contribution is -2.45. The summed E-state index contributed by atoms with van der Waals surface area (Å²) < 4.78 is 13.3. The summed E-state index contributed by atoms with van der Waals surface area (Å²) in [4.78, 5) is 11.3. The van der Waals surface area contributed by atoms with Crippen LogP contribution < -0.4 is 5.32 Å². The van der Waals surface area contributed by atoms with E-state index in [1.807, 2.05) is 6.07 Å². The second kappa shape index (κ2) is 4.84. The van der Waals surface area contributed by atoms with Crippen LogP contribution in [0.5, 0.6) is 0 Å². The van der Waals surface area contributed by atoms with Gasteiger partial charge in [-0.05, 0) is 26.3 Å². The Balaban J connectivity index is 2.66. The van der Waals surface area contributed by atoms with Gasteiger partial charge in [-0.3, -0.25) is 4.79 Å². The van der Waals surface area contributed by atoms with E-state index in [0.717, 1.165) is 0 Å². The van der Waals surface area contributed by atoms with E-state index in [-0.39, 0.29) is 6.54 Å². The van der Waals surface area contributed by atoms with Crippen molar-refractivity contribution in [3.05, 3.63) is 35.9 Å². The molecule has 17 heavy (non-hydrogen) atoms. The van der Waals surface area contributed by atoms with Gasteiger partial charge in [-0.2, -0.15) is 0 Å². The number of benzene rings is 1. The van der Waals surface area contributed by atoms with Crippen LogP contribution in [0.4, 0.5) is 4.39 Å². The first-order valence-corrected chi connectivity index (χ1v) is 5.48. The van der Waals surface area contributed by atoms with Crippen molar-refractivity contribution in [1.29, 1.82) is 0 Å². The summed E-state index contributed by atoms with van der Waals surface area (Å²) in [6.45, 7) is 3.91. The summed E-state index contributed by atoms with van der Waals surface area (Å²) in [5.74, 6) is -0.728. The minimum Gasteiger partial charge on any atom is -0.384 e. The van der Waals surface area contributed by atoms with E-state index >= 15 is 0 Å². The van der Waals surface area contributed by atoms with Gasteiger partial charge in [-0.15, -0.1) is 0 Å². The van der Waals surface area contributed by atoms with Gasteiger partial charge >= 0.3 is 0 Å². The number of carbonyl (C=O) groups excluding carboxylic acids is 1. The van der Waals surface area contributed by atoms with Gasteiger partial charge < -0.3 is 10.4 Å². The highest BCUT2D eigenvalue weighted by Gasteiger charge is 2.30. The largest absolute Gasteiger partial charge is 0.384 e. The molecule has 0 aliphatic rings. The molecule has 0 heterocycles. The Hall–Kier alpha value is -1.42. The summed E-state index contributed by atoms with van der Waals surface area (Å²) in [6, 6.07) is 8.94. The van der Waals surface area contributed by atoms with Gasteiger partial charge in [0.2, 0.25) is 0 Å². The fourth-order valence-corrected chi connectivity index (χ4v) is 1.36. The van der Waals surface area contributed by atoms with Crippen LogP contribution in [0.15, 0.2) is 30.3 Å². The highest BCUT2D eigenvalue weighted by Crippen LogP contribution is 2.19. The molecule has 4 heteroatoms. The summed E-state index contributed by atoms with van der Waals surface area (Å²) >= 11 is 0. The zero-order chi connectivity index (χ0) is 13.1. The first kappa shape index (κ1) is 13.6. The maximum atomic E-state index is 13.3. The summed E-state index contributed by atoms with van der Waals surface area (Å²) in [7, 11) is 0. The highest BCUT2D eigenvalue weighted by atomic mass is 19.1. The van der Waals surface area contributed by atoms with Crippen molar-refractivity contribution in [3.8, 4) is 0 Å². The summed E-state index contributed by atoms with van der Waals surface area (Å²) in [5, 5.41) is 12.6. The molecule has 1 aromatic carbocycles. The summed E-state index contributed by atoms with van der Waals surface area (Å²) in [6.07, 6.45) is 0. The van der Waals surface area contributed by atoms with Gasteiger partial charge in [0.1, 0.15) is 5.60 Å². The van der Waals surface area contributed by atoms with Crippen LogP contribution in [0.1, 0.15) is 26.3 Å². The zero-order valence-corrected chi connectivity index (χ0v) is 10.3. The Bertz CT molecular complexity index is 382. The van der Waals surface area contributed by atoms with Crippen LogP contribution in [0, 0.1) is 0 Å². The monoisotopic (exact) mass is 239 g/mol. The van der Waals surface area contributed by atoms with Crippen molar-refractivity contribution in [2.45, 2.75) is 32.0 Å². The molecular formula is C13H18FNO2. The average Bonchev–Trinajstić information content (AvgIpc) is 2.26. The molecule has 0 saturated carbocycles. The van der Waals surface area contributed by atoms with Crippen molar-refractivity contribution in [1.82, 2.24) is 5.32 Å². The molecule has 94 valence electrons. The molecule has 1 rings (SSSR count). The third kappa shape index (κ3) is 3.82. The van der Waals surface area contributed by atoms with Gasteiger partial charge in [0, 0.05) is 0 Å². The van der Waals surface area contributed by atoms with E-state index in [2.05, 4.69) is 5.32 Å². The van der Waals surface area contributed by atoms with Gasteiger partial charge in [0.25, 0.3) is 5.91 Å². The van der Waals surface area contributed by atoms with Crippen LogP contribution in [-0.2, 0) is 10.4 Å². The minimum atomic E-state index is -1.94. The SMILES string of the molecule is CC(C)(F)C(=O)NCC(C)(O)c1ccccc1. The number of hydrogen-bond donors (Lipinski definition) is 2. The first-order chi connectivity index (χ1) is 7.73. The number of carbonyl (C=O) groups is 1. The first-order valence-electron chi connectivity index (χ1n) is 5.48. The molecule has 0 bridgehead atoms. The van der Waals surface area contributed by atoms with Gasteiger partial charge in [-0.25, -0.2) is 4.39 Å². The molecule has 1 aromatic rings. The Labute approximate surface area is 101 Å². The lowest BCUT2D eigenvalue weighted by atomic mass is 9.96. The molecule has 0 fully saturated rings. The van der Waals surface area contributed by atoms with Crippen LogP contribution in [0.2, 0.25) is 0 Å². The highest BCUT2D eigenvalue weighted by molar-refractivity contribution is 5.84. The van der Waals surface area contributed by atoms with Crippen LogP contribution in [0.3, 0.4) is 0 Å². The smallest absolute Gasteiger partial charge is 0.257 e. The Morgan fingerprint density at radius 2 is 1.82 bits per heavy atom. The van der Waals surface area contributed by atoms with E-state index < -0.39 is 17.2 Å². The molecule has 3 nitrogen and oxygen atoms in total. The van der Waals surface area contributed by atoms with E-state index in [4.69, 9.17) is 0 Å². The predicted octanol–water partition coefficient (Wildman–Crippen LogP) is 1.76. The van der Waals surface area contributed by atoms with Crippen molar-refractivity contribution in [2.24, 2.45) is 0 Å². The van der Waals surface area contributed by atoms with Crippen molar-refractivity contribution < 1.29 is 14.3 Å². The molecule has 2 N–H and O–H groups in total. The predicted molar refractivity (Wildman–Crippen MR) is 64.2 cm³/mol. The number of rotatable bonds is 4. The fourth-order valence-electron chi connectivity index (χ4n) is 1.36. The molecule has 1 amide bonds. The normalized spacial score (nSPS) is 15.1. The topological polar surface area (TPSA) is 49.3 Å². The standard InChI is InChI=1S/C13H18FNO2/c1-12(2,14)11(16)15-9-13(3,17)10-7-5-4-6-8-10/h4-8,17H,9H2,1-3H3,(H,15,16). The van der Waals surface area contributed by atoms with Gasteiger partial charge in [0.05, 0.1) is 6.54 Å². The second-order valence-electron chi connectivity index (χ2n) is 4.80. The lowest BCUT2D eigenvalue weighted by molar-refractivity contribution is -0.132. The Kier molecular flexibility index (Phi) is 3.88. The molecule has 1 atom stereocenters. The molecule has 0 aliphatic carbocycles. The van der Waals surface area contributed by atoms with E-state index in [1.165, 1.54) is 13.8 Å². The molecule has 0 spiro atoms. The molecular weight excluding hydrogens is 221 g/mol. The fraction of sp³-hybridized carbons (Fsp3) is 0.462. The van der Waals surface area contributed by atoms with E-state index in [1.54, 1.807) is 31.2 Å². The lowest BCUT2D eigenvalue weighted by Gasteiger charge is -2.25. The number of nitrogens with one attached hydrogen (secondary N) is 1. The quantitative estimate of drug-likeness (QED) is 0.841. The molecule has 0 aromatic heterocycles. The van der Waals surface area contributed by atoms with Crippen molar-refractivity contribution in [3.63, 3.8) is 0 Å². The minimum absolute atomic E-state index is 0.0246. The summed E-state index contributed by atoms with van der Waals surface area (Å²) in [5.41, 5.74) is -2.47. The average molecular weight is 239 g/mol.